The van der Waals surface area contributed by atoms with E-state index in [0.29, 0.717) is 30.7 Å². The summed E-state index contributed by atoms with van der Waals surface area (Å²) < 4.78 is 0. The van der Waals surface area contributed by atoms with Crippen LogP contribution in [0.3, 0.4) is 0 Å². The molecule has 0 bridgehead atoms. The predicted molar refractivity (Wildman–Crippen MR) is 93.4 cm³/mol. The minimum Gasteiger partial charge on any atom is -0.349 e. The van der Waals surface area contributed by atoms with Crippen LogP contribution in [0, 0.1) is 5.92 Å². The Morgan fingerprint density at radius 2 is 2.09 bits per heavy atom. The smallest absolute Gasteiger partial charge is 0.270 e. The van der Waals surface area contributed by atoms with Crippen LogP contribution < -0.4 is 11.1 Å². The molecule has 126 valence electrons. The first-order chi connectivity index (χ1) is 10.5. The summed E-state index contributed by atoms with van der Waals surface area (Å²) in [6, 6.07) is 0.376. The fourth-order valence-corrected chi connectivity index (χ4v) is 3.39. The van der Waals surface area contributed by atoms with Crippen LogP contribution in [0.5, 0.6) is 0 Å². The summed E-state index contributed by atoms with van der Waals surface area (Å²) >= 11 is 1.50. The van der Waals surface area contributed by atoms with Crippen molar-refractivity contribution >= 4 is 17.2 Å². The Morgan fingerprint density at radius 1 is 1.41 bits per heavy atom. The molecule has 0 fully saturated rings. The van der Waals surface area contributed by atoms with Crippen molar-refractivity contribution in [3.63, 3.8) is 0 Å². The fraction of sp³-hybridized carbons (Fsp3) is 0.750. The normalized spacial score (nSPS) is 12.9. The number of aromatic nitrogens is 1. The monoisotopic (exact) mass is 326 g/mol. The molecule has 6 heteroatoms. The highest BCUT2D eigenvalue weighted by molar-refractivity contribution is 7.09. The first-order valence-corrected chi connectivity index (χ1v) is 9.06. The van der Waals surface area contributed by atoms with Gasteiger partial charge < -0.3 is 11.1 Å². The molecule has 0 aliphatic heterocycles. The summed E-state index contributed by atoms with van der Waals surface area (Å²) in [6.07, 6.45) is 1.81. The summed E-state index contributed by atoms with van der Waals surface area (Å²) in [5.74, 6) is 0.526. The third-order valence-corrected chi connectivity index (χ3v) is 4.62. The quantitative estimate of drug-likeness (QED) is 0.691. The lowest BCUT2D eigenvalue weighted by Crippen LogP contribution is -2.44. The van der Waals surface area contributed by atoms with E-state index in [4.69, 9.17) is 5.73 Å². The zero-order valence-electron chi connectivity index (χ0n) is 14.3. The third kappa shape index (κ3) is 6.02. The molecule has 0 radical (unpaired) electrons. The van der Waals surface area contributed by atoms with Crippen LogP contribution in [-0.4, -0.2) is 48.0 Å². The van der Waals surface area contributed by atoms with Crippen molar-refractivity contribution in [2.24, 2.45) is 11.7 Å². The van der Waals surface area contributed by atoms with Gasteiger partial charge in [-0.2, -0.15) is 0 Å². The molecule has 1 atom stereocenters. The maximum absolute atomic E-state index is 12.2. The average Bonchev–Trinajstić information content (AvgIpc) is 2.94. The van der Waals surface area contributed by atoms with Crippen LogP contribution in [0.25, 0.3) is 0 Å². The maximum atomic E-state index is 12.2. The summed E-state index contributed by atoms with van der Waals surface area (Å²) in [7, 11) is 0. The number of rotatable bonds is 10. The first-order valence-electron chi connectivity index (χ1n) is 8.18. The van der Waals surface area contributed by atoms with Gasteiger partial charge in [-0.1, -0.05) is 27.7 Å². The van der Waals surface area contributed by atoms with Gasteiger partial charge in [0.25, 0.3) is 5.91 Å². The first kappa shape index (κ1) is 19.1. The molecular weight excluding hydrogens is 296 g/mol. The number of carbonyl (C=O) groups is 1. The maximum Gasteiger partial charge on any atom is 0.270 e. The summed E-state index contributed by atoms with van der Waals surface area (Å²) in [5.41, 5.74) is 6.03. The lowest BCUT2D eigenvalue weighted by Gasteiger charge is -2.31. The molecule has 22 heavy (non-hydrogen) atoms. The molecule has 0 aromatic carbocycles. The van der Waals surface area contributed by atoms with Gasteiger partial charge in [0.1, 0.15) is 5.69 Å². The van der Waals surface area contributed by atoms with Gasteiger partial charge in [0.2, 0.25) is 0 Å². The standard InChI is InChI=1S/C16H30N4OS/c1-5-20(6-2)13(9-12(3)4)10-18-16(21)14-11-22-15(19-14)7-8-17/h11-13H,5-10,17H2,1-4H3,(H,18,21). The average molecular weight is 327 g/mol. The van der Waals surface area contributed by atoms with Crippen molar-refractivity contribution in [3.8, 4) is 0 Å². The van der Waals surface area contributed by atoms with Crippen molar-refractivity contribution in [1.29, 1.82) is 0 Å². The van der Waals surface area contributed by atoms with Crippen molar-refractivity contribution < 1.29 is 4.79 Å². The molecule has 5 nitrogen and oxygen atoms in total. The van der Waals surface area contributed by atoms with E-state index < -0.39 is 0 Å². The van der Waals surface area contributed by atoms with E-state index >= 15 is 0 Å². The Bertz CT molecular complexity index is 443. The highest BCUT2D eigenvalue weighted by Gasteiger charge is 2.19. The molecule has 1 aromatic rings. The number of thiazole rings is 1. The molecule has 0 saturated heterocycles. The number of hydrogen-bond donors (Lipinski definition) is 2. The number of likely N-dealkylation sites (N-methyl/N-ethyl adjacent to an activating group) is 1. The topological polar surface area (TPSA) is 71.2 Å². The van der Waals surface area contributed by atoms with E-state index in [9.17, 15) is 4.79 Å². The Kier molecular flexibility index (Phi) is 8.60. The van der Waals surface area contributed by atoms with Gasteiger partial charge >= 0.3 is 0 Å². The van der Waals surface area contributed by atoms with Gasteiger partial charge in [-0.25, -0.2) is 4.98 Å². The van der Waals surface area contributed by atoms with Gasteiger partial charge in [0.05, 0.1) is 5.01 Å². The molecule has 0 aliphatic rings. The zero-order valence-corrected chi connectivity index (χ0v) is 15.1. The largest absolute Gasteiger partial charge is 0.349 e. The van der Waals surface area contributed by atoms with E-state index in [1.165, 1.54) is 11.3 Å². The second-order valence-electron chi connectivity index (χ2n) is 5.88. The molecule has 1 heterocycles. The molecule has 0 aliphatic carbocycles. The summed E-state index contributed by atoms with van der Waals surface area (Å²) in [6.45, 7) is 12.0. The molecule has 1 aromatic heterocycles. The molecule has 0 spiro atoms. The lowest BCUT2D eigenvalue weighted by molar-refractivity contribution is 0.0924. The van der Waals surface area contributed by atoms with E-state index in [2.05, 4.69) is 42.9 Å². The summed E-state index contributed by atoms with van der Waals surface area (Å²) in [5, 5.41) is 5.78. The van der Waals surface area contributed by atoms with Crippen LogP contribution >= 0.6 is 11.3 Å². The number of nitrogens with one attached hydrogen (secondary N) is 1. The van der Waals surface area contributed by atoms with E-state index in [-0.39, 0.29) is 5.91 Å². The molecule has 1 rings (SSSR count). The molecule has 3 N–H and O–H groups in total. The highest BCUT2D eigenvalue weighted by Crippen LogP contribution is 2.12. The number of amides is 1. The number of nitrogens with zero attached hydrogens (tertiary/aromatic N) is 2. The second kappa shape index (κ2) is 9.92. The second-order valence-corrected chi connectivity index (χ2v) is 6.82. The van der Waals surface area contributed by atoms with Crippen molar-refractivity contribution in [2.45, 2.75) is 46.6 Å². The molecule has 1 amide bonds. The number of hydrogen-bond acceptors (Lipinski definition) is 5. The molecule has 0 saturated carbocycles. The van der Waals surface area contributed by atoms with Gasteiger partial charge in [-0.05, 0) is 32.0 Å². The van der Waals surface area contributed by atoms with Gasteiger partial charge in [-0.3, -0.25) is 9.69 Å². The minimum absolute atomic E-state index is 0.0829. The van der Waals surface area contributed by atoms with Gasteiger partial charge in [0.15, 0.2) is 0 Å². The fourth-order valence-electron chi connectivity index (χ4n) is 2.60. The van der Waals surface area contributed by atoms with Crippen molar-refractivity contribution in [1.82, 2.24) is 15.2 Å². The van der Waals surface area contributed by atoms with Crippen molar-refractivity contribution in [3.05, 3.63) is 16.1 Å². The SMILES string of the molecule is CCN(CC)C(CNC(=O)c1csc(CCN)n1)CC(C)C. The van der Waals surface area contributed by atoms with Crippen LogP contribution in [0.1, 0.15) is 49.6 Å². The highest BCUT2D eigenvalue weighted by atomic mass is 32.1. The molecular formula is C16H30N4OS. The van der Waals surface area contributed by atoms with E-state index in [1.807, 2.05) is 5.38 Å². The Hall–Kier alpha value is -0.980. The minimum atomic E-state index is -0.0829. The van der Waals surface area contributed by atoms with Crippen LogP contribution in [0.4, 0.5) is 0 Å². The van der Waals surface area contributed by atoms with Gasteiger partial charge in [-0.15, -0.1) is 11.3 Å². The number of nitrogens with two attached hydrogens (primary N) is 1. The van der Waals surface area contributed by atoms with E-state index in [0.717, 1.165) is 30.9 Å². The predicted octanol–water partition coefficient (Wildman–Crippen LogP) is 2.13. The van der Waals surface area contributed by atoms with E-state index in [1.54, 1.807) is 0 Å². The Labute approximate surface area is 138 Å². The van der Waals surface area contributed by atoms with Crippen LogP contribution in [0.15, 0.2) is 5.38 Å². The number of carbonyl (C=O) groups excluding carboxylic acids is 1. The summed E-state index contributed by atoms with van der Waals surface area (Å²) in [4.78, 5) is 19.0. The third-order valence-electron chi connectivity index (χ3n) is 3.71. The van der Waals surface area contributed by atoms with Crippen LogP contribution in [-0.2, 0) is 6.42 Å². The Morgan fingerprint density at radius 3 is 2.64 bits per heavy atom. The zero-order chi connectivity index (χ0) is 16.5. The van der Waals surface area contributed by atoms with Crippen LogP contribution in [0.2, 0.25) is 0 Å². The Balaban J connectivity index is 2.60. The molecule has 1 unspecified atom stereocenters. The lowest BCUT2D eigenvalue weighted by atomic mass is 10.0. The van der Waals surface area contributed by atoms with Gasteiger partial charge in [0, 0.05) is 24.4 Å². The van der Waals surface area contributed by atoms with Crippen molar-refractivity contribution in [2.75, 3.05) is 26.2 Å².